The van der Waals surface area contributed by atoms with Crippen molar-refractivity contribution >= 4 is 12.0 Å². The van der Waals surface area contributed by atoms with E-state index in [0.29, 0.717) is 11.3 Å². The summed E-state index contributed by atoms with van der Waals surface area (Å²) in [4.78, 5) is 12.7. The molecule has 0 amide bonds. The standard InChI is InChI=1S/C25H30O13/c1-33-14-4-2-11(8-13(14)28)3-5-16(29)36-21-12-6-7-34-23(17(12)25(10-27)22(21)38-25)37-24-20(32)19(31)18(30)15(9-26)35-24/h2-8,12,15,17-24,26-28,30-32H,9-10H2,1H3/b5-3+. The molecule has 0 bridgehead atoms. The van der Waals surface area contributed by atoms with E-state index in [1.54, 1.807) is 18.2 Å². The Morgan fingerprint density at radius 3 is 2.61 bits per heavy atom. The van der Waals surface area contributed by atoms with Crippen LogP contribution in [-0.2, 0) is 28.5 Å². The molecule has 13 heteroatoms. The fourth-order valence-electron chi connectivity index (χ4n) is 5.44. The Bertz CT molecular complexity index is 1090. The molecule has 0 aromatic heterocycles. The third-order valence-corrected chi connectivity index (χ3v) is 7.46. The van der Waals surface area contributed by atoms with Gasteiger partial charge in [0, 0.05) is 12.0 Å². The Morgan fingerprint density at radius 2 is 1.92 bits per heavy atom. The first kappa shape index (κ1) is 26.8. The number of benzene rings is 1. The molecule has 1 aliphatic carbocycles. The third-order valence-electron chi connectivity index (χ3n) is 7.46. The second-order valence-electron chi connectivity index (χ2n) is 9.59. The lowest BCUT2D eigenvalue weighted by molar-refractivity contribution is -0.344. The summed E-state index contributed by atoms with van der Waals surface area (Å²) in [5.41, 5.74) is -0.610. The van der Waals surface area contributed by atoms with E-state index in [9.17, 15) is 35.4 Å². The number of rotatable bonds is 8. The van der Waals surface area contributed by atoms with Crippen molar-refractivity contribution in [1.29, 1.82) is 0 Å². The molecule has 2 saturated heterocycles. The quantitative estimate of drug-likeness (QED) is 0.126. The predicted molar refractivity (Wildman–Crippen MR) is 124 cm³/mol. The van der Waals surface area contributed by atoms with Gasteiger partial charge in [0.05, 0.1) is 32.5 Å². The number of carbonyl (C=O) groups excluding carboxylic acids is 1. The number of epoxide rings is 1. The molecular weight excluding hydrogens is 508 g/mol. The Hall–Kier alpha value is -2.75. The number of aromatic hydroxyl groups is 1. The molecule has 13 nitrogen and oxygen atoms in total. The number of hydrogen-bond acceptors (Lipinski definition) is 13. The van der Waals surface area contributed by atoms with Gasteiger partial charge in [0.15, 0.2) is 17.8 Å². The highest BCUT2D eigenvalue weighted by Crippen LogP contribution is 2.60. The van der Waals surface area contributed by atoms with E-state index >= 15 is 0 Å². The van der Waals surface area contributed by atoms with Gasteiger partial charge in [0.1, 0.15) is 42.2 Å². The van der Waals surface area contributed by atoms with Crippen LogP contribution in [-0.4, -0.2) is 112 Å². The maximum atomic E-state index is 12.7. The fourth-order valence-corrected chi connectivity index (χ4v) is 5.44. The predicted octanol–water partition coefficient (Wildman–Crippen LogP) is -1.61. The van der Waals surface area contributed by atoms with Crippen molar-refractivity contribution < 1.29 is 63.9 Å². The largest absolute Gasteiger partial charge is 0.504 e. The molecule has 3 fully saturated rings. The summed E-state index contributed by atoms with van der Waals surface area (Å²) in [7, 11) is 1.42. The van der Waals surface area contributed by atoms with Crippen LogP contribution in [0.15, 0.2) is 36.6 Å². The van der Waals surface area contributed by atoms with Crippen LogP contribution in [0.25, 0.3) is 6.08 Å². The summed E-state index contributed by atoms with van der Waals surface area (Å²) in [6.45, 7) is -1.06. The van der Waals surface area contributed by atoms with Gasteiger partial charge in [0.2, 0.25) is 6.29 Å². The molecule has 38 heavy (non-hydrogen) atoms. The maximum Gasteiger partial charge on any atom is 0.331 e. The molecule has 0 radical (unpaired) electrons. The summed E-state index contributed by atoms with van der Waals surface area (Å²) in [5, 5.41) is 60.0. The van der Waals surface area contributed by atoms with Crippen molar-refractivity contribution in [2.75, 3.05) is 20.3 Å². The van der Waals surface area contributed by atoms with Crippen molar-refractivity contribution in [1.82, 2.24) is 0 Å². The average Bonchev–Trinajstić information content (AvgIpc) is 3.59. The van der Waals surface area contributed by atoms with Crippen molar-refractivity contribution in [2.24, 2.45) is 11.8 Å². The number of ether oxygens (including phenoxy) is 6. The van der Waals surface area contributed by atoms with Gasteiger partial charge in [-0.1, -0.05) is 6.07 Å². The lowest BCUT2D eigenvalue weighted by Crippen LogP contribution is -2.60. The number of phenols is 1. The first-order valence-electron chi connectivity index (χ1n) is 12.1. The van der Waals surface area contributed by atoms with Crippen molar-refractivity contribution in [3.05, 3.63) is 42.2 Å². The van der Waals surface area contributed by atoms with Crippen LogP contribution >= 0.6 is 0 Å². The number of methoxy groups -OCH3 is 1. The Labute approximate surface area is 217 Å². The van der Waals surface area contributed by atoms with E-state index in [1.807, 2.05) is 0 Å². The molecule has 5 rings (SSSR count). The van der Waals surface area contributed by atoms with Crippen LogP contribution in [0.4, 0.5) is 0 Å². The summed E-state index contributed by atoms with van der Waals surface area (Å²) in [6.07, 6.45) is -4.45. The second-order valence-corrected chi connectivity index (χ2v) is 9.59. The SMILES string of the molecule is COc1ccc(/C=C/C(=O)OC2C3C=COC(OC4OC(CO)C(O)C(O)C4O)C3C3(CO)OC23)cc1O. The Kier molecular flexibility index (Phi) is 7.37. The molecule has 1 aromatic rings. The highest BCUT2D eigenvalue weighted by Gasteiger charge is 2.77. The topological polar surface area (TPSA) is 197 Å². The lowest BCUT2D eigenvalue weighted by atomic mass is 9.85. The van der Waals surface area contributed by atoms with E-state index < -0.39 is 85.8 Å². The number of phenolic OH excluding ortho intramolecular Hbond substituents is 1. The van der Waals surface area contributed by atoms with Gasteiger partial charge in [-0.15, -0.1) is 0 Å². The van der Waals surface area contributed by atoms with Crippen LogP contribution in [0.1, 0.15) is 5.56 Å². The summed E-state index contributed by atoms with van der Waals surface area (Å²) < 4.78 is 33.3. The van der Waals surface area contributed by atoms with Crippen LogP contribution < -0.4 is 4.74 Å². The molecule has 4 aliphatic rings. The van der Waals surface area contributed by atoms with Crippen LogP contribution in [0.5, 0.6) is 11.5 Å². The van der Waals surface area contributed by atoms with Crippen LogP contribution in [0.2, 0.25) is 0 Å². The molecule has 6 N–H and O–H groups in total. The minimum atomic E-state index is -1.65. The number of hydrogen-bond donors (Lipinski definition) is 6. The summed E-state index contributed by atoms with van der Waals surface area (Å²) >= 11 is 0. The van der Waals surface area contributed by atoms with Crippen LogP contribution in [0, 0.1) is 11.8 Å². The first-order valence-corrected chi connectivity index (χ1v) is 12.1. The van der Waals surface area contributed by atoms with Gasteiger partial charge < -0.3 is 59.1 Å². The number of esters is 1. The smallest absolute Gasteiger partial charge is 0.331 e. The minimum Gasteiger partial charge on any atom is -0.504 e. The van der Waals surface area contributed by atoms with Gasteiger partial charge >= 0.3 is 5.97 Å². The molecule has 11 unspecified atom stereocenters. The molecule has 3 heterocycles. The Morgan fingerprint density at radius 1 is 1.13 bits per heavy atom. The first-order chi connectivity index (χ1) is 18.2. The molecule has 11 atom stereocenters. The summed E-state index contributed by atoms with van der Waals surface area (Å²) in [6, 6.07) is 4.63. The second kappa shape index (κ2) is 10.4. The molecule has 1 aromatic carbocycles. The van der Waals surface area contributed by atoms with Gasteiger partial charge in [-0.2, -0.15) is 0 Å². The minimum absolute atomic E-state index is 0.0847. The molecule has 1 saturated carbocycles. The van der Waals surface area contributed by atoms with Crippen molar-refractivity contribution in [2.45, 2.75) is 54.8 Å². The maximum absolute atomic E-state index is 12.7. The van der Waals surface area contributed by atoms with Gasteiger partial charge in [0.25, 0.3) is 0 Å². The normalized spacial score (nSPS) is 41.3. The zero-order valence-corrected chi connectivity index (χ0v) is 20.3. The Balaban J connectivity index is 1.29. The van der Waals surface area contributed by atoms with Crippen molar-refractivity contribution in [3.8, 4) is 11.5 Å². The number of aliphatic hydroxyl groups is 5. The average molecular weight is 539 g/mol. The van der Waals surface area contributed by atoms with Gasteiger partial charge in [-0.3, -0.25) is 0 Å². The number of fused-ring (bicyclic) bond motifs is 3. The molecule has 208 valence electrons. The zero-order chi connectivity index (χ0) is 27.2. The molecule has 0 spiro atoms. The van der Waals surface area contributed by atoms with E-state index in [0.717, 1.165) is 0 Å². The molecular formula is C25H30O13. The van der Waals surface area contributed by atoms with Crippen LogP contribution in [0.3, 0.4) is 0 Å². The van der Waals surface area contributed by atoms with E-state index in [2.05, 4.69) is 0 Å². The van der Waals surface area contributed by atoms with E-state index in [1.165, 1.54) is 31.6 Å². The number of aliphatic hydroxyl groups excluding tert-OH is 5. The van der Waals surface area contributed by atoms with E-state index in [4.69, 9.17) is 28.4 Å². The highest BCUT2D eigenvalue weighted by atomic mass is 16.8. The highest BCUT2D eigenvalue weighted by molar-refractivity contribution is 5.87. The fraction of sp³-hybridized carbons (Fsp3) is 0.560. The summed E-state index contributed by atoms with van der Waals surface area (Å²) in [5.74, 6) is -1.65. The number of carbonyl (C=O) groups is 1. The van der Waals surface area contributed by atoms with Gasteiger partial charge in [-0.05, 0) is 29.8 Å². The third kappa shape index (κ3) is 4.54. The zero-order valence-electron chi connectivity index (χ0n) is 20.3. The lowest BCUT2D eigenvalue weighted by Gasteiger charge is -2.43. The monoisotopic (exact) mass is 538 g/mol. The van der Waals surface area contributed by atoms with Crippen molar-refractivity contribution in [3.63, 3.8) is 0 Å². The van der Waals surface area contributed by atoms with Gasteiger partial charge in [-0.25, -0.2) is 4.79 Å². The molecule has 3 aliphatic heterocycles. The van der Waals surface area contributed by atoms with E-state index in [-0.39, 0.29) is 5.75 Å².